The number of nitrogens with zero attached hydrogens (tertiary/aromatic N) is 2. The summed E-state index contributed by atoms with van der Waals surface area (Å²) >= 11 is 1.58. The maximum absolute atomic E-state index is 5.47. The van der Waals surface area contributed by atoms with E-state index < -0.39 is 0 Å². The van der Waals surface area contributed by atoms with Crippen LogP contribution in [0.15, 0.2) is 17.4 Å². The van der Waals surface area contributed by atoms with Crippen molar-refractivity contribution in [1.29, 1.82) is 0 Å². The molecule has 0 atom stereocenters. The Balaban J connectivity index is 3.09. The third kappa shape index (κ3) is 1.39. The van der Waals surface area contributed by atoms with Crippen LogP contribution in [0.2, 0.25) is 0 Å². The molecule has 0 spiro atoms. The fourth-order valence-corrected chi connectivity index (χ4v) is 1.21. The zero-order chi connectivity index (χ0) is 7.56. The number of rotatable bonds is 1. The second-order valence-corrected chi connectivity index (χ2v) is 2.72. The van der Waals surface area contributed by atoms with Gasteiger partial charge in [-0.1, -0.05) is 0 Å². The molecule has 1 aromatic heterocycles. The third-order valence-electron chi connectivity index (χ3n) is 1.18. The number of anilines is 1. The van der Waals surface area contributed by atoms with Gasteiger partial charge in [0.25, 0.3) is 0 Å². The zero-order valence-corrected chi connectivity index (χ0v) is 6.85. The molecular formula is C6H10N3S+. The average Bonchev–Trinajstić information content (AvgIpc) is 1.94. The van der Waals surface area contributed by atoms with E-state index in [0.29, 0.717) is 5.82 Å². The van der Waals surface area contributed by atoms with Gasteiger partial charge in [-0.25, -0.2) is 4.57 Å². The van der Waals surface area contributed by atoms with Crippen molar-refractivity contribution in [3.63, 3.8) is 0 Å². The highest BCUT2D eigenvalue weighted by atomic mass is 32.2. The van der Waals surface area contributed by atoms with Gasteiger partial charge in [-0.3, -0.25) is 0 Å². The number of hydrogen-bond acceptors (Lipinski definition) is 3. The van der Waals surface area contributed by atoms with Gasteiger partial charge >= 0.3 is 5.16 Å². The average molecular weight is 156 g/mol. The van der Waals surface area contributed by atoms with Crippen molar-refractivity contribution in [2.45, 2.75) is 5.16 Å². The van der Waals surface area contributed by atoms with E-state index in [1.54, 1.807) is 17.8 Å². The number of thioether (sulfide) groups is 1. The number of aromatic nitrogens is 2. The standard InChI is InChI=1S/C6H9N3S/c1-9-4-3-5(7)8-6(9)10-2/h3-4,7H,1-2H3/p+1. The van der Waals surface area contributed by atoms with Gasteiger partial charge in [0.2, 0.25) is 5.82 Å². The third-order valence-corrected chi connectivity index (χ3v) is 1.92. The summed E-state index contributed by atoms with van der Waals surface area (Å²) < 4.78 is 1.93. The van der Waals surface area contributed by atoms with Crippen LogP contribution in [0.1, 0.15) is 0 Å². The van der Waals surface area contributed by atoms with Crippen molar-refractivity contribution in [3.05, 3.63) is 12.3 Å². The van der Waals surface area contributed by atoms with E-state index in [-0.39, 0.29) is 0 Å². The normalized spacial score (nSPS) is 9.80. The van der Waals surface area contributed by atoms with Crippen molar-refractivity contribution in [1.82, 2.24) is 4.98 Å². The second-order valence-electron chi connectivity index (χ2n) is 1.95. The van der Waals surface area contributed by atoms with Gasteiger partial charge in [0.05, 0.1) is 13.2 Å². The number of aryl methyl sites for hydroxylation is 1. The number of nitrogen functional groups attached to an aromatic ring is 1. The predicted molar refractivity (Wildman–Crippen MR) is 41.6 cm³/mol. The molecule has 3 nitrogen and oxygen atoms in total. The van der Waals surface area contributed by atoms with Crippen LogP contribution in [0, 0.1) is 0 Å². The van der Waals surface area contributed by atoms with Crippen LogP contribution in [0.4, 0.5) is 5.82 Å². The van der Waals surface area contributed by atoms with Crippen LogP contribution in [-0.4, -0.2) is 11.2 Å². The molecule has 1 heterocycles. The van der Waals surface area contributed by atoms with Crippen molar-refractivity contribution in [2.75, 3.05) is 12.0 Å². The predicted octanol–water partition coefficient (Wildman–Crippen LogP) is 0.210. The SMILES string of the molecule is CSc1nc(N)cc[n+]1C. The van der Waals surface area contributed by atoms with E-state index in [1.165, 1.54) is 0 Å². The van der Waals surface area contributed by atoms with Crippen molar-refractivity contribution < 1.29 is 4.57 Å². The van der Waals surface area contributed by atoms with E-state index >= 15 is 0 Å². The molecule has 0 aliphatic heterocycles. The van der Waals surface area contributed by atoms with Gasteiger partial charge < -0.3 is 5.73 Å². The lowest BCUT2D eigenvalue weighted by atomic mass is 10.6. The molecule has 0 saturated carbocycles. The van der Waals surface area contributed by atoms with Crippen LogP contribution in [0.5, 0.6) is 0 Å². The molecule has 2 N–H and O–H groups in total. The van der Waals surface area contributed by atoms with Crippen molar-refractivity contribution >= 4 is 17.6 Å². The molecule has 0 radical (unpaired) electrons. The van der Waals surface area contributed by atoms with Crippen LogP contribution in [-0.2, 0) is 7.05 Å². The molecule has 0 aliphatic carbocycles. The zero-order valence-electron chi connectivity index (χ0n) is 6.03. The van der Waals surface area contributed by atoms with Crippen LogP contribution in [0.3, 0.4) is 0 Å². The van der Waals surface area contributed by atoms with Gasteiger partial charge in [0.15, 0.2) is 0 Å². The van der Waals surface area contributed by atoms with Gasteiger partial charge in [-0.2, -0.15) is 0 Å². The first kappa shape index (κ1) is 7.34. The molecule has 1 aromatic rings. The fourth-order valence-electron chi connectivity index (χ4n) is 0.668. The first-order valence-corrected chi connectivity index (χ1v) is 4.12. The highest BCUT2D eigenvalue weighted by Gasteiger charge is 2.06. The molecule has 54 valence electrons. The van der Waals surface area contributed by atoms with Crippen molar-refractivity contribution in [2.24, 2.45) is 7.05 Å². The van der Waals surface area contributed by atoms with Gasteiger partial charge in [-0.05, 0) is 23.0 Å². The largest absolute Gasteiger partial charge is 0.363 e. The maximum Gasteiger partial charge on any atom is 0.361 e. The van der Waals surface area contributed by atoms with E-state index in [1.807, 2.05) is 24.1 Å². The number of hydrogen-bond donors (Lipinski definition) is 1. The summed E-state index contributed by atoms with van der Waals surface area (Å²) in [4.78, 5) is 4.09. The topological polar surface area (TPSA) is 42.8 Å². The molecule has 0 bridgehead atoms. The molecule has 4 heteroatoms. The first-order chi connectivity index (χ1) is 4.74. The minimum absolute atomic E-state index is 0.572. The molecule has 0 aromatic carbocycles. The Labute approximate surface area is 64.3 Å². The lowest BCUT2D eigenvalue weighted by molar-refractivity contribution is -0.713. The Morgan fingerprint density at radius 2 is 2.40 bits per heavy atom. The van der Waals surface area contributed by atoms with Crippen molar-refractivity contribution in [3.8, 4) is 0 Å². The van der Waals surface area contributed by atoms with E-state index in [0.717, 1.165) is 5.16 Å². The Bertz CT molecular complexity index is 236. The molecular weight excluding hydrogens is 146 g/mol. The molecule has 10 heavy (non-hydrogen) atoms. The molecule has 0 fully saturated rings. The fraction of sp³-hybridized carbons (Fsp3) is 0.333. The molecule has 0 aliphatic rings. The Kier molecular flexibility index (Phi) is 2.11. The maximum atomic E-state index is 5.47. The molecule has 0 unspecified atom stereocenters. The summed E-state index contributed by atoms with van der Waals surface area (Å²) in [5, 5.41) is 0.931. The summed E-state index contributed by atoms with van der Waals surface area (Å²) in [6, 6.07) is 1.78. The molecule has 0 saturated heterocycles. The lowest BCUT2D eigenvalue weighted by Crippen LogP contribution is -2.31. The Morgan fingerprint density at radius 3 is 2.90 bits per heavy atom. The second kappa shape index (κ2) is 2.88. The summed E-state index contributed by atoms with van der Waals surface area (Å²) in [6.07, 6.45) is 3.87. The van der Waals surface area contributed by atoms with Gasteiger partial charge in [-0.15, -0.1) is 0 Å². The monoisotopic (exact) mass is 156 g/mol. The first-order valence-electron chi connectivity index (χ1n) is 2.90. The van der Waals surface area contributed by atoms with Gasteiger partial charge in [0, 0.05) is 6.07 Å². The van der Waals surface area contributed by atoms with Crippen LogP contribution < -0.4 is 10.3 Å². The molecule has 0 amide bonds. The van der Waals surface area contributed by atoms with Gasteiger partial charge in [0.1, 0.15) is 0 Å². The van der Waals surface area contributed by atoms with Crippen LogP contribution >= 0.6 is 11.8 Å². The summed E-state index contributed by atoms with van der Waals surface area (Å²) in [6.45, 7) is 0. The minimum Gasteiger partial charge on any atom is -0.363 e. The summed E-state index contributed by atoms with van der Waals surface area (Å²) in [7, 11) is 1.94. The Hall–Kier alpha value is -0.770. The summed E-state index contributed by atoms with van der Waals surface area (Å²) in [5.41, 5.74) is 5.47. The Morgan fingerprint density at radius 1 is 1.70 bits per heavy atom. The highest BCUT2D eigenvalue weighted by molar-refractivity contribution is 7.98. The highest BCUT2D eigenvalue weighted by Crippen LogP contribution is 2.05. The number of nitrogens with two attached hydrogens (primary N) is 1. The van der Waals surface area contributed by atoms with E-state index in [2.05, 4.69) is 4.98 Å². The van der Waals surface area contributed by atoms with E-state index in [4.69, 9.17) is 5.73 Å². The quantitative estimate of drug-likeness (QED) is 0.359. The summed E-state index contributed by atoms with van der Waals surface area (Å²) in [5.74, 6) is 0.572. The minimum atomic E-state index is 0.572. The smallest absolute Gasteiger partial charge is 0.361 e. The molecule has 1 rings (SSSR count). The van der Waals surface area contributed by atoms with E-state index in [9.17, 15) is 0 Å². The lowest BCUT2D eigenvalue weighted by Gasteiger charge is -1.92. The van der Waals surface area contributed by atoms with Crippen LogP contribution in [0.25, 0.3) is 0 Å².